The highest BCUT2D eigenvalue weighted by molar-refractivity contribution is 7.09. The molecule has 0 unspecified atom stereocenters. The maximum atomic E-state index is 12.1. The maximum absolute atomic E-state index is 12.1. The van der Waals surface area contributed by atoms with Crippen LogP contribution < -0.4 is 10.2 Å². The molecule has 1 amide bonds. The monoisotopic (exact) mass is 313 g/mol. The number of aromatic nitrogens is 1. The fourth-order valence-corrected chi connectivity index (χ4v) is 3.86. The third-order valence-corrected chi connectivity index (χ3v) is 5.35. The normalized spacial score (nSPS) is 21.2. The third-order valence-electron chi connectivity index (χ3n) is 4.29. The molecule has 0 spiro atoms. The van der Waals surface area contributed by atoms with Gasteiger partial charge in [-0.15, -0.1) is 11.3 Å². The molecule has 0 bridgehead atoms. The van der Waals surface area contributed by atoms with Gasteiger partial charge < -0.3 is 10.2 Å². The Morgan fingerprint density at radius 3 is 3.00 bits per heavy atom. The number of benzene rings is 1. The van der Waals surface area contributed by atoms with Gasteiger partial charge in [-0.1, -0.05) is 19.1 Å². The first-order valence-electron chi connectivity index (χ1n) is 7.80. The Kier molecular flexibility index (Phi) is 3.37. The number of para-hydroxylation sites is 2. The second kappa shape index (κ2) is 5.39. The first-order valence-corrected chi connectivity index (χ1v) is 8.68. The number of fused-ring (bicyclic) bond motifs is 1. The molecule has 1 saturated carbocycles. The second-order valence-corrected chi connectivity index (χ2v) is 7.13. The average Bonchev–Trinajstić information content (AvgIpc) is 3.28. The average molecular weight is 313 g/mol. The Morgan fingerprint density at radius 2 is 2.18 bits per heavy atom. The van der Waals surface area contributed by atoms with Crippen LogP contribution in [0.1, 0.15) is 36.4 Å². The molecule has 5 heteroatoms. The van der Waals surface area contributed by atoms with E-state index in [-0.39, 0.29) is 11.8 Å². The van der Waals surface area contributed by atoms with Crippen molar-refractivity contribution >= 4 is 28.6 Å². The summed E-state index contributed by atoms with van der Waals surface area (Å²) in [5.41, 5.74) is 3.10. The highest BCUT2D eigenvalue weighted by Gasteiger charge is 2.28. The van der Waals surface area contributed by atoms with Gasteiger partial charge in [0.1, 0.15) is 0 Å². The van der Waals surface area contributed by atoms with Crippen molar-refractivity contribution in [3.63, 3.8) is 0 Å². The van der Waals surface area contributed by atoms with Crippen LogP contribution in [0.5, 0.6) is 0 Å². The molecule has 2 heterocycles. The van der Waals surface area contributed by atoms with Crippen LogP contribution in [0.3, 0.4) is 0 Å². The number of rotatable bonds is 3. The Bertz CT molecular complexity index is 707. The van der Waals surface area contributed by atoms with E-state index in [9.17, 15) is 4.79 Å². The van der Waals surface area contributed by atoms with Gasteiger partial charge in [0.2, 0.25) is 5.91 Å². The van der Waals surface area contributed by atoms with Crippen LogP contribution in [-0.4, -0.2) is 17.4 Å². The van der Waals surface area contributed by atoms with Crippen LogP contribution >= 0.6 is 11.3 Å². The first-order chi connectivity index (χ1) is 10.7. The summed E-state index contributed by atoms with van der Waals surface area (Å²) in [7, 11) is 0. The minimum atomic E-state index is -0.0334. The van der Waals surface area contributed by atoms with Crippen LogP contribution in [0.15, 0.2) is 29.6 Å². The van der Waals surface area contributed by atoms with Crippen molar-refractivity contribution in [1.82, 2.24) is 4.98 Å². The molecule has 1 aromatic carbocycles. The third kappa shape index (κ3) is 2.61. The quantitative estimate of drug-likeness (QED) is 0.941. The Morgan fingerprint density at radius 1 is 1.36 bits per heavy atom. The van der Waals surface area contributed by atoms with Gasteiger partial charge in [0, 0.05) is 17.8 Å². The smallest absolute Gasteiger partial charge is 0.229 e. The Balaban J connectivity index is 1.62. The number of thiazole rings is 1. The minimum Gasteiger partial charge on any atom is -0.363 e. The zero-order chi connectivity index (χ0) is 15.1. The van der Waals surface area contributed by atoms with E-state index in [1.165, 1.54) is 17.8 Å². The van der Waals surface area contributed by atoms with Crippen LogP contribution in [0.2, 0.25) is 0 Å². The summed E-state index contributed by atoms with van der Waals surface area (Å²) in [6.45, 7) is 3.46. The van der Waals surface area contributed by atoms with Crippen molar-refractivity contribution in [2.24, 2.45) is 5.92 Å². The molecular weight excluding hydrogens is 294 g/mol. The van der Waals surface area contributed by atoms with Crippen LogP contribution in [0.4, 0.5) is 11.4 Å². The van der Waals surface area contributed by atoms with E-state index in [0.717, 1.165) is 30.2 Å². The molecular formula is C17H19N3OS. The summed E-state index contributed by atoms with van der Waals surface area (Å²) in [5, 5.41) is 6.47. The van der Waals surface area contributed by atoms with Gasteiger partial charge >= 0.3 is 0 Å². The zero-order valence-electron chi connectivity index (χ0n) is 12.6. The molecule has 1 aromatic heterocycles. The predicted octanol–water partition coefficient (Wildman–Crippen LogP) is 3.62. The van der Waals surface area contributed by atoms with Crippen molar-refractivity contribution in [1.29, 1.82) is 0 Å². The first kappa shape index (κ1) is 13.8. The molecule has 22 heavy (non-hydrogen) atoms. The molecule has 1 aliphatic heterocycles. The van der Waals surface area contributed by atoms with E-state index in [1.54, 1.807) is 11.3 Å². The predicted molar refractivity (Wildman–Crippen MR) is 89.4 cm³/mol. The van der Waals surface area contributed by atoms with E-state index in [4.69, 9.17) is 4.98 Å². The SMILES string of the molecule is C[C@H]1CN(Cc2csc(C3CC3)n2)c2ccccc2NC1=O. The molecule has 1 N–H and O–H groups in total. The van der Waals surface area contributed by atoms with E-state index in [2.05, 4.69) is 21.7 Å². The number of anilines is 2. The Labute approximate surface area is 134 Å². The van der Waals surface area contributed by atoms with E-state index in [1.807, 2.05) is 25.1 Å². The summed E-state index contributed by atoms with van der Waals surface area (Å²) in [6.07, 6.45) is 2.57. The molecule has 4 nitrogen and oxygen atoms in total. The van der Waals surface area contributed by atoms with Crippen LogP contribution in [0.25, 0.3) is 0 Å². The van der Waals surface area contributed by atoms with Gasteiger partial charge in [-0.2, -0.15) is 0 Å². The second-order valence-electron chi connectivity index (χ2n) is 6.24. The summed E-state index contributed by atoms with van der Waals surface area (Å²) in [4.78, 5) is 19.2. The number of hydrogen-bond acceptors (Lipinski definition) is 4. The van der Waals surface area contributed by atoms with Gasteiger partial charge in [-0.3, -0.25) is 4.79 Å². The summed E-state index contributed by atoms with van der Waals surface area (Å²) < 4.78 is 0. The lowest BCUT2D eigenvalue weighted by molar-refractivity contribution is -0.119. The van der Waals surface area contributed by atoms with Gasteiger partial charge in [0.25, 0.3) is 0 Å². The standard InChI is InChI=1S/C17H19N3OS/c1-11-8-20(9-13-10-22-17(18-13)12-6-7-12)15-5-3-2-4-14(15)19-16(11)21/h2-5,10-12H,6-9H2,1H3,(H,19,21)/t11-/m0/s1. The molecule has 2 aromatic rings. The van der Waals surface area contributed by atoms with Crippen molar-refractivity contribution in [3.8, 4) is 0 Å². The highest BCUT2D eigenvalue weighted by atomic mass is 32.1. The molecule has 0 radical (unpaired) electrons. The topological polar surface area (TPSA) is 45.2 Å². The molecule has 1 aliphatic carbocycles. The molecule has 1 fully saturated rings. The van der Waals surface area contributed by atoms with Gasteiger partial charge in [-0.25, -0.2) is 4.98 Å². The highest BCUT2D eigenvalue weighted by Crippen LogP contribution is 2.41. The van der Waals surface area contributed by atoms with Crippen molar-refractivity contribution < 1.29 is 4.79 Å². The molecule has 1 atom stereocenters. The fraction of sp³-hybridized carbons (Fsp3) is 0.412. The number of hydrogen-bond donors (Lipinski definition) is 1. The number of nitrogens with one attached hydrogen (secondary N) is 1. The lowest BCUT2D eigenvalue weighted by Crippen LogP contribution is -2.30. The van der Waals surface area contributed by atoms with Gasteiger partial charge in [0.05, 0.1) is 34.5 Å². The minimum absolute atomic E-state index is 0.0334. The molecule has 4 rings (SSSR count). The largest absolute Gasteiger partial charge is 0.363 e. The maximum Gasteiger partial charge on any atom is 0.229 e. The zero-order valence-corrected chi connectivity index (χ0v) is 13.4. The number of carbonyl (C=O) groups is 1. The van der Waals surface area contributed by atoms with E-state index < -0.39 is 0 Å². The van der Waals surface area contributed by atoms with Crippen molar-refractivity contribution in [3.05, 3.63) is 40.3 Å². The van der Waals surface area contributed by atoms with Crippen molar-refractivity contribution in [2.45, 2.75) is 32.2 Å². The lowest BCUT2D eigenvalue weighted by atomic mass is 10.1. The number of carbonyl (C=O) groups excluding carboxylic acids is 1. The lowest BCUT2D eigenvalue weighted by Gasteiger charge is -2.24. The van der Waals surface area contributed by atoms with E-state index >= 15 is 0 Å². The van der Waals surface area contributed by atoms with Crippen molar-refractivity contribution in [2.75, 3.05) is 16.8 Å². The number of amides is 1. The van der Waals surface area contributed by atoms with Gasteiger partial charge in [-0.05, 0) is 25.0 Å². The van der Waals surface area contributed by atoms with Crippen LogP contribution in [-0.2, 0) is 11.3 Å². The Hall–Kier alpha value is -1.88. The number of nitrogens with zero attached hydrogens (tertiary/aromatic N) is 2. The molecule has 2 aliphatic rings. The summed E-state index contributed by atoms with van der Waals surface area (Å²) in [5.74, 6) is 0.762. The van der Waals surface area contributed by atoms with Crippen LogP contribution in [0, 0.1) is 5.92 Å². The summed E-state index contributed by atoms with van der Waals surface area (Å²) in [6, 6.07) is 8.02. The fourth-order valence-electron chi connectivity index (χ4n) is 2.88. The molecule has 0 saturated heterocycles. The van der Waals surface area contributed by atoms with Gasteiger partial charge in [0.15, 0.2) is 0 Å². The van der Waals surface area contributed by atoms with E-state index in [0.29, 0.717) is 5.92 Å². The molecule has 114 valence electrons. The summed E-state index contributed by atoms with van der Waals surface area (Å²) >= 11 is 1.78.